The van der Waals surface area contributed by atoms with Crippen LogP contribution < -0.4 is 5.32 Å². The largest absolute Gasteiger partial charge is 0.385 e. The molecule has 0 amide bonds. The van der Waals surface area contributed by atoms with Crippen LogP contribution in [0.1, 0.15) is 39.2 Å². The van der Waals surface area contributed by atoms with Crippen LogP contribution in [0.15, 0.2) is 12.4 Å². The third-order valence-corrected chi connectivity index (χ3v) is 3.54. The number of imidazole rings is 1. The summed E-state index contributed by atoms with van der Waals surface area (Å²) in [7, 11) is 1.73. The monoisotopic (exact) mass is 267 g/mol. The second-order valence-electron chi connectivity index (χ2n) is 5.69. The summed E-state index contributed by atoms with van der Waals surface area (Å²) in [4.78, 5) is 4.41. The minimum absolute atomic E-state index is 0.0412. The normalized spacial score (nSPS) is 22.4. The molecule has 1 unspecified atom stereocenters. The molecule has 0 aliphatic carbocycles. The molecule has 1 aliphatic rings. The zero-order chi connectivity index (χ0) is 13.7. The van der Waals surface area contributed by atoms with Crippen LogP contribution in [0.3, 0.4) is 0 Å². The summed E-state index contributed by atoms with van der Waals surface area (Å²) >= 11 is 0. The van der Waals surface area contributed by atoms with E-state index in [1.165, 1.54) is 0 Å². The van der Waals surface area contributed by atoms with Gasteiger partial charge in [-0.3, -0.25) is 0 Å². The first-order chi connectivity index (χ1) is 9.12. The zero-order valence-corrected chi connectivity index (χ0v) is 12.2. The lowest BCUT2D eigenvalue weighted by atomic mass is 9.94. The molecule has 0 spiro atoms. The van der Waals surface area contributed by atoms with Crippen molar-refractivity contribution in [3.05, 3.63) is 12.4 Å². The fraction of sp³-hybridized carbons (Fsp3) is 0.786. The van der Waals surface area contributed by atoms with E-state index in [2.05, 4.69) is 34.9 Å². The quantitative estimate of drug-likeness (QED) is 0.804. The number of nitrogens with zero attached hydrogens (tertiary/aromatic N) is 2. The van der Waals surface area contributed by atoms with Gasteiger partial charge in [0.15, 0.2) is 0 Å². The Morgan fingerprint density at radius 2 is 2.42 bits per heavy atom. The van der Waals surface area contributed by atoms with Gasteiger partial charge in [0, 0.05) is 45.3 Å². The highest BCUT2D eigenvalue weighted by Crippen LogP contribution is 2.33. The van der Waals surface area contributed by atoms with Crippen molar-refractivity contribution in [3.8, 4) is 0 Å². The maximum Gasteiger partial charge on any atom is 0.203 e. The molecular formula is C14H25N3O2. The lowest BCUT2D eigenvalue weighted by Crippen LogP contribution is -2.35. The van der Waals surface area contributed by atoms with Crippen molar-refractivity contribution in [2.75, 3.05) is 32.2 Å². The van der Waals surface area contributed by atoms with Gasteiger partial charge in [-0.1, -0.05) is 0 Å². The molecule has 0 saturated carbocycles. The van der Waals surface area contributed by atoms with Crippen LogP contribution in [-0.4, -0.2) is 42.0 Å². The van der Waals surface area contributed by atoms with Crippen molar-refractivity contribution in [1.82, 2.24) is 9.55 Å². The molecule has 108 valence electrons. The van der Waals surface area contributed by atoms with Gasteiger partial charge in [0.05, 0.1) is 5.60 Å². The Bertz CT molecular complexity index is 390. The molecule has 0 radical (unpaired) electrons. The number of hydrogen-bond donors (Lipinski definition) is 1. The third kappa shape index (κ3) is 3.94. The van der Waals surface area contributed by atoms with Crippen molar-refractivity contribution in [1.29, 1.82) is 0 Å². The molecule has 1 aliphatic heterocycles. The predicted molar refractivity (Wildman–Crippen MR) is 75.5 cm³/mol. The second-order valence-corrected chi connectivity index (χ2v) is 5.69. The molecule has 1 atom stereocenters. The minimum Gasteiger partial charge on any atom is -0.385 e. The molecule has 0 bridgehead atoms. The zero-order valence-electron chi connectivity index (χ0n) is 12.2. The maximum absolute atomic E-state index is 5.78. The second kappa shape index (κ2) is 6.39. The molecule has 1 saturated heterocycles. The minimum atomic E-state index is -0.0412. The third-order valence-electron chi connectivity index (χ3n) is 3.54. The van der Waals surface area contributed by atoms with E-state index in [9.17, 15) is 0 Å². The lowest BCUT2D eigenvalue weighted by molar-refractivity contribution is -0.0688. The smallest absolute Gasteiger partial charge is 0.203 e. The van der Waals surface area contributed by atoms with Gasteiger partial charge in [0.1, 0.15) is 0 Å². The number of anilines is 1. The first-order valence-corrected chi connectivity index (χ1v) is 7.02. The topological polar surface area (TPSA) is 48.3 Å². The molecule has 19 heavy (non-hydrogen) atoms. The summed E-state index contributed by atoms with van der Waals surface area (Å²) in [6.45, 7) is 6.79. The maximum atomic E-state index is 5.78. The van der Waals surface area contributed by atoms with Gasteiger partial charge in [-0.25, -0.2) is 4.98 Å². The lowest BCUT2D eigenvalue weighted by Gasteiger charge is -2.36. The number of methoxy groups -OCH3 is 1. The van der Waals surface area contributed by atoms with Crippen LogP contribution in [0, 0.1) is 0 Å². The summed E-state index contributed by atoms with van der Waals surface area (Å²) in [6.07, 6.45) is 6.98. The molecule has 1 aromatic rings. The summed E-state index contributed by atoms with van der Waals surface area (Å²) in [6, 6.07) is 0.469. The van der Waals surface area contributed by atoms with Crippen molar-refractivity contribution >= 4 is 5.95 Å². The van der Waals surface area contributed by atoms with Gasteiger partial charge in [-0.05, 0) is 33.1 Å². The molecule has 2 heterocycles. The van der Waals surface area contributed by atoms with E-state index in [-0.39, 0.29) is 5.60 Å². The first kappa shape index (κ1) is 14.3. The number of nitrogens with one attached hydrogen (secondary N) is 1. The van der Waals surface area contributed by atoms with Crippen LogP contribution in [0.25, 0.3) is 0 Å². The fourth-order valence-electron chi connectivity index (χ4n) is 2.60. The van der Waals surface area contributed by atoms with E-state index < -0.39 is 0 Å². The van der Waals surface area contributed by atoms with E-state index in [1.807, 2.05) is 6.20 Å². The Hall–Kier alpha value is -1.07. The Balaban J connectivity index is 1.94. The van der Waals surface area contributed by atoms with Gasteiger partial charge in [0.25, 0.3) is 0 Å². The Labute approximate surface area is 115 Å². The number of ether oxygens (including phenoxy) is 2. The number of hydrogen-bond acceptors (Lipinski definition) is 4. The Kier molecular flexibility index (Phi) is 4.82. The first-order valence-electron chi connectivity index (χ1n) is 7.02. The Morgan fingerprint density at radius 3 is 3.16 bits per heavy atom. The summed E-state index contributed by atoms with van der Waals surface area (Å²) in [5.74, 6) is 0.957. The van der Waals surface area contributed by atoms with Crippen molar-refractivity contribution < 1.29 is 9.47 Å². The Morgan fingerprint density at radius 1 is 1.58 bits per heavy atom. The molecule has 5 heteroatoms. The van der Waals surface area contributed by atoms with Gasteiger partial charge >= 0.3 is 0 Å². The van der Waals surface area contributed by atoms with Gasteiger partial charge in [-0.15, -0.1) is 0 Å². The molecule has 0 aromatic carbocycles. The molecule has 5 nitrogen and oxygen atoms in total. The van der Waals surface area contributed by atoms with Gasteiger partial charge in [0.2, 0.25) is 5.95 Å². The fourth-order valence-corrected chi connectivity index (χ4v) is 2.60. The highest BCUT2D eigenvalue weighted by atomic mass is 16.5. The molecule has 1 aromatic heterocycles. The predicted octanol–water partition coefficient (Wildman–Crippen LogP) is 2.46. The molecule has 1 N–H and O–H groups in total. The van der Waals surface area contributed by atoms with Gasteiger partial charge in [-0.2, -0.15) is 0 Å². The van der Waals surface area contributed by atoms with E-state index in [4.69, 9.17) is 9.47 Å². The molecular weight excluding hydrogens is 242 g/mol. The van der Waals surface area contributed by atoms with Crippen LogP contribution in [0.5, 0.6) is 0 Å². The number of aromatic nitrogens is 2. The van der Waals surface area contributed by atoms with Crippen LogP contribution in [-0.2, 0) is 9.47 Å². The molecule has 2 rings (SSSR count). The molecule has 1 fully saturated rings. The van der Waals surface area contributed by atoms with Crippen molar-refractivity contribution in [3.63, 3.8) is 0 Å². The van der Waals surface area contributed by atoms with E-state index in [0.29, 0.717) is 6.04 Å². The van der Waals surface area contributed by atoms with Gasteiger partial charge < -0.3 is 19.4 Å². The SMILES string of the molecule is COCCCNc1nccn1C1CCOC(C)(C)C1. The van der Waals surface area contributed by atoms with Crippen LogP contribution in [0.4, 0.5) is 5.95 Å². The number of rotatable bonds is 6. The van der Waals surface area contributed by atoms with E-state index in [0.717, 1.165) is 45.0 Å². The highest BCUT2D eigenvalue weighted by molar-refractivity contribution is 5.26. The van der Waals surface area contributed by atoms with Crippen LogP contribution >= 0.6 is 0 Å². The highest BCUT2D eigenvalue weighted by Gasteiger charge is 2.30. The summed E-state index contributed by atoms with van der Waals surface area (Å²) < 4.78 is 13.1. The van der Waals surface area contributed by atoms with Crippen molar-refractivity contribution in [2.24, 2.45) is 0 Å². The average molecular weight is 267 g/mol. The standard InChI is InChI=1S/C14H25N3O2/c1-14(2)11-12(5-10-19-14)17-8-7-16-13(17)15-6-4-9-18-3/h7-8,12H,4-6,9-11H2,1-3H3,(H,15,16). The van der Waals surface area contributed by atoms with E-state index >= 15 is 0 Å². The summed E-state index contributed by atoms with van der Waals surface area (Å²) in [5, 5.41) is 3.38. The van der Waals surface area contributed by atoms with Crippen LogP contribution in [0.2, 0.25) is 0 Å². The average Bonchev–Trinajstić information content (AvgIpc) is 2.82. The van der Waals surface area contributed by atoms with E-state index in [1.54, 1.807) is 7.11 Å². The summed E-state index contributed by atoms with van der Waals surface area (Å²) in [5.41, 5.74) is -0.0412. The van der Waals surface area contributed by atoms with Crippen molar-refractivity contribution in [2.45, 2.75) is 44.8 Å².